The SMILES string of the molecule is COc1nn(C)cc1Nc1ncc(C)c(C2=CCc3c2ccnc3Nc2cn(C)nc2OC)n1. The molecule has 4 aromatic rings. The van der Waals surface area contributed by atoms with E-state index in [1.165, 1.54) is 0 Å². The van der Waals surface area contributed by atoms with Gasteiger partial charge < -0.3 is 20.1 Å². The third-order valence-corrected chi connectivity index (χ3v) is 5.56. The van der Waals surface area contributed by atoms with Crippen LogP contribution < -0.4 is 20.1 Å². The van der Waals surface area contributed by atoms with Gasteiger partial charge in [-0.25, -0.2) is 15.0 Å². The maximum Gasteiger partial charge on any atom is 0.256 e. The summed E-state index contributed by atoms with van der Waals surface area (Å²) in [6.45, 7) is 2.00. The quantitative estimate of drug-likeness (QED) is 0.430. The van der Waals surface area contributed by atoms with Gasteiger partial charge in [0.1, 0.15) is 17.2 Å². The van der Waals surface area contributed by atoms with Crippen molar-refractivity contribution in [1.82, 2.24) is 34.5 Å². The fraction of sp³-hybridized carbons (Fsp3) is 0.261. The molecule has 34 heavy (non-hydrogen) atoms. The van der Waals surface area contributed by atoms with E-state index in [1.807, 2.05) is 45.7 Å². The van der Waals surface area contributed by atoms with E-state index in [-0.39, 0.29) is 0 Å². The average molecular weight is 460 g/mol. The van der Waals surface area contributed by atoms with Crippen molar-refractivity contribution >= 4 is 28.7 Å². The number of hydrogen-bond acceptors (Lipinski definition) is 9. The van der Waals surface area contributed by atoms with Gasteiger partial charge in [0.25, 0.3) is 11.8 Å². The van der Waals surface area contributed by atoms with Crippen LogP contribution in [0.4, 0.5) is 23.1 Å². The van der Waals surface area contributed by atoms with Crippen LogP contribution in [0.1, 0.15) is 22.4 Å². The van der Waals surface area contributed by atoms with Crippen molar-refractivity contribution in [3.63, 3.8) is 0 Å². The van der Waals surface area contributed by atoms with Gasteiger partial charge in [0.05, 0.1) is 32.3 Å². The summed E-state index contributed by atoms with van der Waals surface area (Å²) in [5.41, 5.74) is 6.49. The number of nitrogens with zero attached hydrogens (tertiary/aromatic N) is 7. The largest absolute Gasteiger partial charge is 0.478 e. The molecule has 0 saturated carbocycles. The maximum atomic E-state index is 5.37. The third-order valence-electron chi connectivity index (χ3n) is 5.56. The molecule has 0 saturated heterocycles. The van der Waals surface area contributed by atoms with E-state index in [9.17, 15) is 0 Å². The zero-order valence-electron chi connectivity index (χ0n) is 19.6. The summed E-state index contributed by atoms with van der Waals surface area (Å²) in [5.74, 6) is 2.22. The number of aromatic nitrogens is 7. The molecule has 0 aliphatic heterocycles. The van der Waals surface area contributed by atoms with Crippen molar-refractivity contribution in [3.8, 4) is 11.8 Å². The summed E-state index contributed by atoms with van der Waals surface area (Å²) in [4.78, 5) is 13.8. The van der Waals surface area contributed by atoms with Crippen LogP contribution in [0.15, 0.2) is 36.9 Å². The van der Waals surface area contributed by atoms with E-state index in [2.05, 4.69) is 36.9 Å². The highest BCUT2D eigenvalue weighted by molar-refractivity contribution is 5.87. The third kappa shape index (κ3) is 3.81. The van der Waals surface area contributed by atoms with Gasteiger partial charge in [0.2, 0.25) is 5.95 Å². The number of rotatable bonds is 7. The molecule has 0 fully saturated rings. The first-order chi connectivity index (χ1) is 16.5. The van der Waals surface area contributed by atoms with E-state index in [0.29, 0.717) is 23.4 Å². The molecule has 5 rings (SSSR count). The van der Waals surface area contributed by atoms with Crippen molar-refractivity contribution in [1.29, 1.82) is 0 Å². The molecule has 0 bridgehead atoms. The fourth-order valence-electron chi connectivity index (χ4n) is 4.03. The second-order valence-corrected chi connectivity index (χ2v) is 7.93. The fourth-order valence-corrected chi connectivity index (χ4v) is 4.03. The number of aryl methyl sites for hydroxylation is 3. The lowest BCUT2D eigenvalue weighted by Crippen LogP contribution is -2.04. The van der Waals surface area contributed by atoms with Crippen LogP contribution in [0.2, 0.25) is 0 Å². The maximum absolute atomic E-state index is 5.37. The smallest absolute Gasteiger partial charge is 0.256 e. The first-order valence-corrected chi connectivity index (χ1v) is 10.7. The Kier molecular flexibility index (Phi) is 5.36. The Hall–Kier alpha value is -4.41. The van der Waals surface area contributed by atoms with Gasteiger partial charge >= 0.3 is 0 Å². The Morgan fingerprint density at radius 1 is 0.941 bits per heavy atom. The van der Waals surface area contributed by atoms with Crippen LogP contribution in [0.25, 0.3) is 5.57 Å². The molecule has 2 N–H and O–H groups in total. The molecule has 11 nitrogen and oxygen atoms in total. The Morgan fingerprint density at radius 2 is 1.62 bits per heavy atom. The standard InChI is InChI=1S/C23H25N9O2/c1-13-10-25-23(27-18-12-32(3)30-22(18)34-5)28-19(13)15-6-7-16-14(15)8-9-24-20(16)26-17-11-31(2)29-21(17)33-4/h6,8-12H,7H2,1-5H3,(H,24,26)(H,25,27,28). The molecule has 4 heterocycles. The van der Waals surface area contributed by atoms with Crippen molar-refractivity contribution in [2.45, 2.75) is 13.3 Å². The van der Waals surface area contributed by atoms with Gasteiger partial charge in [-0.2, -0.15) is 0 Å². The van der Waals surface area contributed by atoms with Crippen LogP contribution in [0.5, 0.6) is 11.8 Å². The van der Waals surface area contributed by atoms with Gasteiger partial charge in [0, 0.05) is 37.6 Å². The van der Waals surface area contributed by atoms with Crippen molar-refractivity contribution in [2.24, 2.45) is 14.1 Å². The topological polar surface area (TPSA) is 117 Å². The first kappa shape index (κ1) is 21.4. The lowest BCUT2D eigenvalue weighted by Gasteiger charge is -2.13. The molecular formula is C23H25N9O2. The molecule has 0 spiro atoms. The molecule has 0 unspecified atom stereocenters. The predicted molar refractivity (Wildman–Crippen MR) is 128 cm³/mol. The molecule has 4 aromatic heterocycles. The number of fused-ring (bicyclic) bond motifs is 1. The molecule has 0 radical (unpaired) electrons. The van der Waals surface area contributed by atoms with E-state index < -0.39 is 0 Å². The Morgan fingerprint density at radius 3 is 2.29 bits per heavy atom. The number of nitrogens with one attached hydrogen (secondary N) is 2. The molecule has 1 aliphatic rings. The van der Waals surface area contributed by atoms with Gasteiger partial charge in [-0.3, -0.25) is 9.36 Å². The second-order valence-electron chi connectivity index (χ2n) is 7.93. The van der Waals surface area contributed by atoms with Gasteiger partial charge in [-0.05, 0) is 30.5 Å². The minimum Gasteiger partial charge on any atom is -0.478 e. The molecule has 0 aromatic carbocycles. The molecule has 0 amide bonds. The molecule has 174 valence electrons. The number of pyridine rings is 1. The number of methoxy groups -OCH3 is 2. The second kappa shape index (κ2) is 8.50. The summed E-state index contributed by atoms with van der Waals surface area (Å²) in [5, 5.41) is 15.2. The van der Waals surface area contributed by atoms with E-state index in [4.69, 9.17) is 14.5 Å². The highest BCUT2D eigenvalue weighted by atomic mass is 16.5. The van der Waals surface area contributed by atoms with E-state index >= 15 is 0 Å². The Bertz CT molecular complexity index is 1400. The van der Waals surface area contributed by atoms with Crippen LogP contribution >= 0.6 is 0 Å². The van der Waals surface area contributed by atoms with Crippen molar-refractivity contribution in [2.75, 3.05) is 24.9 Å². The average Bonchev–Trinajstić information content (AvgIpc) is 3.51. The summed E-state index contributed by atoms with van der Waals surface area (Å²) < 4.78 is 14.1. The summed E-state index contributed by atoms with van der Waals surface area (Å²) in [7, 11) is 6.85. The molecular weight excluding hydrogens is 434 g/mol. The van der Waals surface area contributed by atoms with Crippen LogP contribution in [-0.4, -0.2) is 48.7 Å². The normalized spacial score (nSPS) is 12.3. The lowest BCUT2D eigenvalue weighted by molar-refractivity contribution is 0.393. The predicted octanol–water partition coefficient (Wildman–Crippen LogP) is 3.14. The summed E-state index contributed by atoms with van der Waals surface area (Å²) >= 11 is 0. The Labute approximate surface area is 196 Å². The molecule has 1 aliphatic carbocycles. The highest BCUT2D eigenvalue weighted by Crippen LogP contribution is 2.38. The molecule has 0 atom stereocenters. The summed E-state index contributed by atoms with van der Waals surface area (Å²) in [6.07, 6.45) is 10.2. The lowest BCUT2D eigenvalue weighted by atomic mass is 10.0. The minimum atomic E-state index is 0.466. The number of hydrogen-bond donors (Lipinski definition) is 2. The minimum absolute atomic E-state index is 0.466. The van der Waals surface area contributed by atoms with E-state index in [1.54, 1.807) is 29.8 Å². The van der Waals surface area contributed by atoms with Crippen LogP contribution in [0.3, 0.4) is 0 Å². The van der Waals surface area contributed by atoms with Gasteiger partial charge in [0.15, 0.2) is 0 Å². The zero-order valence-corrected chi connectivity index (χ0v) is 19.6. The number of anilines is 4. The molecule has 11 heteroatoms. The summed E-state index contributed by atoms with van der Waals surface area (Å²) in [6, 6.07) is 2.01. The van der Waals surface area contributed by atoms with Crippen molar-refractivity contribution in [3.05, 3.63) is 59.3 Å². The van der Waals surface area contributed by atoms with Crippen molar-refractivity contribution < 1.29 is 9.47 Å². The van der Waals surface area contributed by atoms with Crippen LogP contribution in [0, 0.1) is 6.92 Å². The van der Waals surface area contributed by atoms with E-state index in [0.717, 1.165) is 45.9 Å². The van der Waals surface area contributed by atoms with Gasteiger partial charge in [-0.15, -0.1) is 10.2 Å². The van der Waals surface area contributed by atoms with Gasteiger partial charge in [-0.1, -0.05) is 6.08 Å². The Balaban J connectivity index is 1.47. The zero-order chi connectivity index (χ0) is 23.8. The van der Waals surface area contributed by atoms with Crippen LogP contribution in [-0.2, 0) is 20.5 Å². The first-order valence-electron chi connectivity index (χ1n) is 10.7. The monoisotopic (exact) mass is 459 g/mol. The number of allylic oxidation sites excluding steroid dienone is 1. The number of ether oxygens (including phenoxy) is 2. The highest BCUT2D eigenvalue weighted by Gasteiger charge is 2.23.